The summed E-state index contributed by atoms with van der Waals surface area (Å²) in [6, 6.07) is 29.6. The average molecular weight is 743 g/mol. The summed E-state index contributed by atoms with van der Waals surface area (Å²) in [4.78, 5) is 49.5. The Bertz CT molecular complexity index is 2150. The third kappa shape index (κ3) is 10.1. The van der Waals surface area contributed by atoms with Crippen LogP contribution >= 0.6 is 0 Å². The van der Waals surface area contributed by atoms with Crippen molar-refractivity contribution in [2.75, 3.05) is 31.9 Å². The number of benzene rings is 5. The predicted molar refractivity (Wildman–Crippen MR) is 196 cm³/mol. The Morgan fingerprint density at radius 1 is 0.327 bits per heavy atom. The topological polar surface area (TPSA) is 233 Å². The van der Waals surface area contributed by atoms with Crippen LogP contribution in [-0.2, 0) is 20.0 Å². The number of anilines is 6. The van der Waals surface area contributed by atoms with E-state index in [1.54, 1.807) is 60.7 Å². The Hall–Kier alpha value is -6.92. The number of hydrogen-bond acceptors (Lipinski definition) is 8. The summed E-state index contributed by atoms with van der Waals surface area (Å²) in [7, 11) is -8.94. The number of sulfonamides is 2. The van der Waals surface area contributed by atoms with Gasteiger partial charge in [-0.3, -0.25) is 0 Å². The second kappa shape index (κ2) is 16.2. The van der Waals surface area contributed by atoms with Crippen LogP contribution in [-0.4, -0.2) is 41.0 Å². The van der Waals surface area contributed by atoms with Gasteiger partial charge in [0.1, 0.15) is 9.79 Å². The van der Waals surface area contributed by atoms with E-state index in [0.29, 0.717) is 11.4 Å². The summed E-state index contributed by atoms with van der Waals surface area (Å²) in [5, 5.41) is 14.7. The van der Waals surface area contributed by atoms with E-state index in [1.165, 1.54) is 72.8 Å². The van der Waals surface area contributed by atoms with Crippen LogP contribution < -0.4 is 41.3 Å². The van der Waals surface area contributed by atoms with Gasteiger partial charge in [0.05, 0.1) is 11.4 Å². The smallest absolute Gasteiger partial charge is 0.308 e. The lowest BCUT2D eigenvalue weighted by molar-refractivity contribution is 0.255. The Kier molecular flexibility index (Phi) is 11.3. The van der Waals surface area contributed by atoms with Gasteiger partial charge in [-0.15, -0.1) is 0 Å². The zero-order valence-electron chi connectivity index (χ0n) is 26.8. The Balaban J connectivity index is 1.15. The average Bonchev–Trinajstić information content (AvgIpc) is 3.10. The quantitative estimate of drug-likeness (QED) is 0.0844. The maximum absolute atomic E-state index is 13.1. The summed E-state index contributed by atoms with van der Waals surface area (Å²) < 4.78 is 56.0. The Labute approximate surface area is 298 Å². The lowest BCUT2D eigenvalue weighted by atomic mass is 10.3. The number of carbonyl (C=O) groups excluding carboxylic acids is 4. The van der Waals surface area contributed by atoms with Gasteiger partial charge in [-0.05, 0) is 72.8 Å². The lowest BCUT2D eigenvalue weighted by Gasteiger charge is -2.14. The minimum absolute atomic E-state index is 0.0831. The van der Waals surface area contributed by atoms with Crippen LogP contribution in [0.5, 0.6) is 0 Å². The summed E-state index contributed by atoms with van der Waals surface area (Å²) in [5.41, 5.74) is 1.03. The molecule has 52 heavy (non-hydrogen) atoms. The van der Waals surface area contributed by atoms with E-state index in [1.807, 2.05) is 9.44 Å². The number of nitrogens with one attached hydrogen (secondary N) is 8. The van der Waals surface area contributed by atoms with Gasteiger partial charge in [-0.1, -0.05) is 60.7 Å². The molecule has 5 aromatic rings. The van der Waals surface area contributed by atoms with Gasteiger partial charge in [0, 0.05) is 22.7 Å². The molecule has 18 heteroatoms. The third-order valence-corrected chi connectivity index (χ3v) is 9.55. The fourth-order valence-electron chi connectivity index (χ4n) is 4.52. The molecule has 16 nitrogen and oxygen atoms in total. The molecule has 0 saturated heterocycles. The van der Waals surface area contributed by atoms with Crippen LogP contribution in [0.25, 0.3) is 0 Å². The third-order valence-electron chi connectivity index (χ3n) is 6.77. The summed E-state index contributed by atoms with van der Waals surface area (Å²) in [6.07, 6.45) is 0. The second-order valence-corrected chi connectivity index (χ2v) is 13.9. The first-order chi connectivity index (χ1) is 24.9. The van der Waals surface area contributed by atoms with E-state index in [4.69, 9.17) is 0 Å². The molecular formula is C34H30N8O8S2. The molecule has 0 bridgehead atoms. The van der Waals surface area contributed by atoms with Crippen molar-refractivity contribution in [1.29, 1.82) is 0 Å². The molecule has 0 saturated carbocycles. The largest absolute Gasteiger partial charge is 0.333 e. The Morgan fingerprint density at radius 3 is 0.981 bits per heavy atom. The first kappa shape index (κ1) is 36.4. The fraction of sp³-hybridized carbons (Fsp3) is 0. The van der Waals surface area contributed by atoms with Gasteiger partial charge < -0.3 is 31.9 Å². The highest BCUT2D eigenvalue weighted by Gasteiger charge is 2.24. The summed E-state index contributed by atoms with van der Waals surface area (Å²) in [5.74, 6) is 0. The van der Waals surface area contributed by atoms with E-state index >= 15 is 0 Å². The molecule has 0 radical (unpaired) electrons. The van der Waals surface area contributed by atoms with Crippen molar-refractivity contribution in [3.05, 3.63) is 133 Å². The van der Waals surface area contributed by atoms with Gasteiger partial charge >= 0.3 is 24.1 Å². The number of rotatable bonds is 10. The standard InChI is InChI=1S/C34H30N8O8S2/c43-31(35-23-11-3-1-4-12-23)39-27-15-7-9-17-29(27)51(47,48)41-33(45)37-25-19-21-26(22-20-25)38-34(46)42-52(49,50)30-18-10-8-16-28(30)40-32(44)36-24-13-5-2-6-14-24/h1-22H,(H2,35,39,43)(H2,36,40,44)(H2,37,41,45)(H2,38,42,46). The van der Waals surface area contributed by atoms with Crippen molar-refractivity contribution in [2.24, 2.45) is 0 Å². The highest BCUT2D eigenvalue weighted by molar-refractivity contribution is 7.90. The molecule has 0 heterocycles. The Morgan fingerprint density at radius 2 is 0.615 bits per heavy atom. The molecule has 5 aromatic carbocycles. The number of para-hydroxylation sites is 4. The number of carbonyl (C=O) groups is 4. The molecule has 0 aromatic heterocycles. The fourth-order valence-corrected chi connectivity index (χ4v) is 6.67. The van der Waals surface area contributed by atoms with E-state index in [9.17, 15) is 36.0 Å². The van der Waals surface area contributed by atoms with Gasteiger partial charge in [0.15, 0.2) is 0 Å². The highest BCUT2D eigenvalue weighted by atomic mass is 32.2. The van der Waals surface area contributed by atoms with Crippen LogP contribution in [0.4, 0.5) is 53.3 Å². The zero-order chi connectivity index (χ0) is 37.1. The van der Waals surface area contributed by atoms with Crippen molar-refractivity contribution in [1.82, 2.24) is 9.44 Å². The van der Waals surface area contributed by atoms with Crippen LogP contribution in [0.3, 0.4) is 0 Å². The van der Waals surface area contributed by atoms with Gasteiger partial charge in [-0.25, -0.2) is 45.5 Å². The molecule has 8 amide bonds. The summed E-state index contributed by atoms with van der Waals surface area (Å²) in [6.45, 7) is 0. The minimum atomic E-state index is -4.47. The molecule has 0 aliphatic carbocycles. The first-order valence-electron chi connectivity index (χ1n) is 15.1. The highest BCUT2D eigenvalue weighted by Crippen LogP contribution is 2.23. The minimum Gasteiger partial charge on any atom is -0.308 e. The molecule has 5 rings (SSSR count). The van der Waals surface area contributed by atoms with E-state index in [2.05, 4.69) is 31.9 Å². The SMILES string of the molecule is O=C(Nc1ccccc1)Nc1ccccc1S(=O)(=O)NC(=O)Nc1ccc(NC(=O)NS(=O)(=O)c2ccccc2NC(=O)Nc2ccccc2)cc1. The number of amides is 8. The van der Waals surface area contributed by atoms with Crippen molar-refractivity contribution >= 4 is 78.3 Å². The van der Waals surface area contributed by atoms with Gasteiger partial charge in [-0.2, -0.15) is 0 Å². The molecule has 0 aliphatic heterocycles. The molecule has 8 N–H and O–H groups in total. The van der Waals surface area contributed by atoms with Crippen molar-refractivity contribution in [3.8, 4) is 0 Å². The van der Waals surface area contributed by atoms with Gasteiger partial charge in [0.25, 0.3) is 20.0 Å². The molecule has 0 unspecified atom stereocenters. The van der Waals surface area contributed by atoms with Crippen LogP contribution in [0.1, 0.15) is 0 Å². The number of urea groups is 4. The zero-order valence-corrected chi connectivity index (χ0v) is 28.4. The van der Waals surface area contributed by atoms with Crippen molar-refractivity contribution < 1.29 is 36.0 Å². The van der Waals surface area contributed by atoms with Gasteiger partial charge in [0.2, 0.25) is 0 Å². The maximum atomic E-state index is 13.1. The maximum Gasteiger partial charge on any atom is 0.333 e. The van der Waals surface area contributed by atoms with E-state index in [0.717, 1.165) is 0 Å². The molecule has 0 aliphatic rings. The first-order valence-corrected chi connectivity index (χ1v) is 18.1. The van der Waals surface area contributed by atoms with E-state index in [-0.39, 0.29) is 32.5 Å². The normalized spacial score (nSPS) is 10.9. The monoisotopic (exact) mass is 742 g/mol. The van der Waals surface area contributed by atoms with Crippen LogP contribution in [0, 0.1) is 0 Å². The number of hydrogen-bond donors (Lipinski definition) is 8. The summed E-state index contributed by atoms with van der Waals surface area (Å²) >= 11 is 0. The van der Waals surface area contributed by atoms with Crippen molar-refractivity contribution in [2.45, 2.75) is 9.79 Å². The van der Waals surface area contributed by atoms with Crippen LogP contribution in [0.2, 0.25) is 0 Å². The van der Waals surface area contributed by atoms with Crippen LogP contribution in [0.15, 0.2) is 143 Å². The molecule has 0 atom stereocenters. The molecule has 0 fully saturated rings. The van der Waals surface area contributed by atoms with E-state index < -0.39 is 44.2 Å². The second-order valence-electron chi connectivity index (χ2n) is 10.6. The lowest BCUT2D eigenvalue weighted by Crippen LogP contribution is -2.35. The molecular weight excluding hydrogens is 713 g/mol. The van der Waals surface area contributed by atoms with Crippen molar-refractivity contribution in [3.63, 3.8) is 0 Å². The molecule has 266 valence electrons. The molecule has 0 spiro atoms. The predicted octanol–water partition coefficient (Wildman–Crippen LogP) is 6.00.